The van der Waals surface area contributed by atoms with Gasteiger partial charge in [0.1, 0.15) is 0 Å². The zero-order chi connectivity index (χ0) is 18.4. The van der Waals surface area contributed by atoms with Crippen molar-refractivity contribution in [1.82, 2.24) is 9.55 Å². The second kappa shape index (κ2) is 6.54. The SMILES string of the molecule is Cc1ccc([C@@H]2C[C@@H](c3ccc(Br)cc3)Nc3nc4ccccc4n32)cc1. The van der Waals surface area contributed by atoms with Crippen LogP contribution >= 0.6 is 15.9 Å². The van der Waals surface area contributed by atoms with Gasteiger partial charge in [0.25, 0.3) is 0 Å². The highest BCUT2D eigenvalue weighted by molar-refractivity contribution is 9.10. The van der Waals surface area contributed by atoms with Gasteiger partial charge in [-0.3, -0.25) is 0 Å². The summed E-state index contributed by atoms with van der Waals surface area (Å²) >= 11 is 3.54. The number of imidazole rings is 1. The number of rotatable bonds is 2. The highest BCUT2D eigenvalue weighted by atomic mass is 79.9. The lowest BCUT2D eigenvalue weighted by Gasteiger charge is -2.33. The normalized spacial score (nSPS) is 18.9. The number of nitrogens with one attached hydrogen (secondary N) is 1. The van der Waals surface area contributed by atoms with Gasteiger partial charge in [-0.05, 0) is 48.7 Å². The smallest absolute Gasteiger partial charge is 0.204 e. The van der Waals surface area contributed by atoms with E-state index < -0.39 is 0 Å². The van der Waals surface area contributed by atoms with E-state index in [2.05, 4.69) is 106 Å². The van der Waals surface area contributed by atoms with Gasteiger partial charge >= 0.3 is 0 Å². The minimum Gasteiger partial charge on any atom is -0.349 e. The molecule has 3 nitrogen and oxygen atoms in total. The van der Waals surface area contributed by atoms with Gasteiger partial charge < -0.3 is 9.88 Å². The standard InChI is InChI=1S/C23H20BrN3/c1-15-6-8-17(9-7-15)22-14-20(16-10-12-18(24)13-11-16)26-23-25-19-4-2-3-5-21(19)27(22)23/h2-13,20,22H,14H2,1H3,(H,25,26)/t20-,22-/m0/s1. The van der Waals surface area contributed by atoms with E-state index in [4.69, 9.17) is 4.98 Å². The highest BCUT2D eigenvalue weighted by Crippen LogP contribution is 2.41. The second-order valence-electron chi connectivity index (χ2n) is 7.20. The molecular formula is C23H20BrN3. The second-order valence-corrected chi connectivity index (χ2v) is 8.12. The van der Waals surface area contributed by atoms with Crippen LogP contribution in [0.4, 0.5) is 5.95 Å². The maximum atomic E-state index is 4.88. The minimum absolute atomic E-state index is 0.230. The third-order valence-electron chi connectivity index (χ3n) is 5.40. The van der Waals surface area contributed by atoms with Crippen molar-refractivity contribution in [2.75, 3.05) is 5.32 Å². The third kappa shape index (κ3) is 2.94. The molecule has 3 aromatic carbocycles. The number of aryl methyl sites for hydroxylation is 1. The van der Waals surface area contributed by atoms with Crippen LogP contribution in [0.1, 0.15) is 35.2 Å². The number of nitrogens with zero attached hydrogens (tertiary/aromatic N) is 2. The van der Waals surface area contributed by atoms with Gasteiger partial charge in [-0.25, -0.2) is 4.98 Å². The maximum Gasteiger partial charge on any atom is 0.204 e. The first-order valence-corrected chi connectivity index (χ1v) is 10.0. The molecular weight excluding hydrogens is 398 g/mol. The molecule has 0 unspecified atom stereocenters. The largest absolute Gasteiger partial charge is 0.349 e. The molecule has 4 aromatic rings. The molecule has 4 heteroatoms. The Kier molecular flexibility index (Phi) is 4.01. The van der Waals surface area contributed by atoms with Gasteiger partial charge in [0.05, 0.1) is 23.1 Å². The molecule has 0 aliphatic carbocycles. The van der Waals surface area contributed by atoms with Crippen molar-refractivity contribution in [2.45, 2.75) is 25.4 Å². The molecule has 0 bridgehead atoms. The topological polar surface area (TPSA) is 29.9 Å². The summed E-state index contributed by atoms with van der Waals surface area (Å²) in [5, 5.41) is 3.67. The summed E-state index contributed by atoms with van der Waals surface area (Å²) in [5.41, 5.74) is 6.11. The van der Waals surface area contributed by atoms with Crippen LogP contribution in [0.3, 0.4) is 0 Å². The molecule has 0 spiro atoms. The van der Waals surface area contributed by atoms with E-state index in [1.165, 1.54) is 22.2 Å². The molecule has 1 N–H and O–H groups in total. The van der Waals surface area contributed by atoms with Crippen LogP contribution in [0.15, 0.2) is 77.3 Å². The lowest BCUT2D eigenvalue weighted by atomic mass is 9.92. The number of hydrogen-bond acceptors (Lipinski definition) is 2. The molecule has 0 radical (unpaired) electrons. The molecule has 1 aliphatic heterocycles. The van der Waals surface area contributed by atoms with Crippen LogP contribution in [-0.2, 0) is 0 Å². The average molecular weight is 418 g/mol. The number of aromatic nitrogens is 2. The van der Waals surface area contributed by atoms with Crippen LogP contribution in [0.5, 0.6) is 0 Å². The summed E-state index contributed by atoms with van der Waals surface area (Å²) in [6.07, 6.45) is 0.984. The molecule has 1 aromatic heterocycles. The Morgan fingerprint density at radius 3 is 2.41 bits per heavy atom. The molecule has 0 amide bonds. The van der Waals surface area contributed by atoms with Crippen molar-refractivity contribution in [3.8, 4) is 0 Å². The van der Waals surface area contributed by atoms with Crippen molar-refractivity contribution in [3.05, 3.63) is 94.0 Å². The number of anilines is 1. The lowest BCUT2D eigenvalue weighted by molar-refractivity contribution is 0.477. The van der Waals surface area contributed by atoms with E-state index in [9.17, 15) is 0 Å². The van der Waals surface area contributed by atoms with Crippen LogP contribution < -0.4 is 5.32 Å². The van der Waals surface area contributed by atoms with Gasteiger partial charge in [0, 0.05) is 4.47 Å². The van der Waals surface area contributed by atoms with E-state index in [-0.39, 0.29) is 12.1 Å². The lowest BCUT2D eigenvalue weighted by Crippen LogP contribution is -2.27. The maximum absolute atomic E-state index is 4.88. The summed E-state index contributed by atoms with van der Waals surface area (Å²) in [6, 6.07) is 26.4. The Labute approximate surface area is 167 Å². The summed E-state index contributed by atoms with van der Waals surface area (Å²) in [4.78, 5) is 4.88. The first-order chi connectivity index (χ1) is 13.2. The van der Waals surface area contributed by atoms with Gasteiger partial charge in [-0.15, -0.1) is 0 Å². The van der Waals surface area contributed by atoms with E-state index in [0.717, 1.165) is 22.4 Å². The van der Waals surface area contributed by atoms with Crippen LogP contribution in [-0.4, -0.2) is 9.55 Å². The fourth-order valence-corrected chi connectivity index (χ4v) is 4.26. The number of benzene rings is 3. The summed E-state index contributed by atoms with van der Waals surface area (Å²) in [7, 11) is 0. The molecule has 27 heavy (non-hydrogen) atoms. The predicted octanol–water partition coefficient (Wildman–Crippen LogP) is 6.25. The van der Waals surface area contributed by atoms with Crippen molar-refractivity contribution in [1.29, 1.82) is 0 Å². The van der Waals surface area contributed by atoms with Gasteiger partial charge in [-0.2, -0.15) is 0 Å². The Balaban J connectivity index is 1.65. The van der Waals surface area contributed by atoms with Gasteiger partial charge in [-0.1, -0.05) is 70.0 Å². The van der Waals surface area contributed by atoms with Crippen LogP contribution in [0, 0.1) is 6.92 Å². The summed E-state index contributed by atoms with van der Waals surface area (Å²) in [6.45, 7) is 2.13. The Bertz CT molecular complexity index is 1100. The molecule has 134 valence electrons. The van der Waals surface area contributed by atoms with E-state index in [1.807, 2.05) is 0 Å². The number of para-hydroxylation sites is 2. The van der Waals surface area contributed by atoms with E-state index in [0.29, 0.717) is 0 Å². The Morgan fingerprint density at radius 1 is 0.926 bits per heavy atom. The predicted molar refractivity (Wildman–Crippen MR) is 114 cm³/mol. The van der Waals surface area contributed by atoms with Crippen molar-refractivity contribution in [3.63, 3.8) is 0 Å². The average Bonchev–Trinajstić information content (AvgIpc) is 3.07. The summed E-state index contributed by atoms with van der Waals surface area (Å²) < 4.78 is 3.46. The zero-order valence-corrected chi connectivity index (χ0v) is 16.6. The fourth-order valence-electron chi connectivity index (χ4n) is 3.99. The van der Waals surface area contributed by atoms with Gasteiger partial charge in [0.15, 0.2) is 0 Å². The minimum atomic E-state index is 0.230. The molecule has 2 atom stereocenters. The quantitative estimate of drug-likeness (QED) is 0.417. The third-order valence-corrected chi connectivity index (χ3v) is 5.93. The first kappa shape index (κ1) is 16.6. The molecule has 2 heterocycles. The molecule has 1 aliphatic rings. The molecule has 5 rings (SSSR count). The summed E-state index contributed by atoms with van der Waals surface area (Å²) in [5.74, 6) is 0.945. The molecule has 0 saturated heterocycles. The zero-order valence-electron chi connectivity index (χ0n) is 15.1. The molecule has 0 fully saturated rings. The van der Waals surface area contributed by atoms with Crippen molar-refractivity contribution in [2.24, 2.45) is 0 Å². The van der Waals surface area contributed by atoms with Crippen LogP contribution in [0.2, 0.25) is 0 Å². The molecule has 0 saturated carbocycles. The highest BCUT2D eigenvalue weighted by Gasteiger charge is 2.30. The van der Waals surface area contributed by atoms with Gasteiger partial charge in [0.2, 0.25) is 5.95 Å². The first-order valence-electron chi connectivity index (χ1n) is 9.24. The van der Waals surface area contributed by atoms with Crippen LogP contribution in [0.25, 0.3) is 11.0 Å². The Morgan fingerprint density at radius 2 is 1.63 bits per heavy atom. The van der Waals surface area contributed by atoms with Crippen molar-refractivity contribution < 1.29 is 0 Å². The van der Waals surface area contributed by atoms with E-state index >= 15 is 0 Å². The Hall–Kier alpha value is -2.59. The number of hydrogen-bond donors (Lipinski definition) is 1. The van der Waals surface area contributed by atoms with E-state index in [1.54, 1.807) is 0 Å². The number of fused-ring (bicyclic) bond motifs is 3. The fraction of sp³-hybridized carbons (Fsp3) is 0.174. The monoisotopic (exact) mass is 417 g/mol. The number of halogens is 1. The van der Waals surface area contributed by atoms with Crippen molar-refractivity contribution >= 4 is 32.9 Å².